The molecule has 0 bridgehead atoms. The number of para-hydroxylation sites is 1. The summed E-state index contributed by atoms with van der Waals surface area (Å²) in [6.45, 7) is 0. The molecule has 0 amide bonds. The summed E-state index contributed by atoms with van der Waals surface area (Å²) in [6, 6.07) is 13.6. The maximum absolute atomic E-state index is 14.1. The van der Waals surface area contributed by atoms with E-state index in [1.54, 1.807) is 43.5 Å². The fourth-order valence-electron chi connectivity index (χ4n) is 2.61. The molecule has 0 fully saturated rings. The quantitative estimate of drug-likeness (QED) is 0.480. The van der Waals surface area contributed by atoms with Crippen LogP contribution in [0.1, 0.15) is 5.56 Å². The van der Waals surface area contributed by atoms with Crippen molar-refractivity contribution in [3.05, 3.63) is 53.8 Å². The predicted molar refractivity (Wildman–Crippen MR) is 107 cm³/mol. The van der Waals surface area contributed by atoms with Gasteiger partial charge in [0, 0.05) is 5.56 Å². The number of nitriles is 1. The minimum atomic E-state index is -0.441. The molecule has 0 aliphatic rings. The van der Waals surface area contributed by atoms with Crippen molar-refractivity contribution in [1.29, 1.82) is 5.26 Å². The largest absolute Gasteiger partial charge is 0.493 e. The Hall–Kier alpha value is -3.31. The highest BCUT2D eigenvalue weighted by atomic mass is 32.2. The summed E-state index contributed by atoms with van der Waals surface area (Å²) in [6.07, 6.45) is 1.83. The van der Waals surface area contributed by atoms with E-state index in [0.717, 1.165) is 0 Å². The second kappa shape index (κ2) is 8.59. The Morgan fingerprint density at radius 1 is 1.07 bits per heavy atom. The monoisotopic (exact) mass is 396 g/mol. The number of aromatic nitrogens is 2. The predicted octanol–water partition coefficient (Wildman–Crippen LogP) is 4.64. The molecule has 0 radical (unpaired) electrons. The molecule has 3 aromatic rings. The number of nitrogens with zero attached hydrogens (tertiary/aromatic N) is 3. The van der Waals surface area contributed by atoms with Gasteiger partial charge in [-0.05, 0) is 36.6 Å². The summed E-state index contributed by atoms with van der Waals surface area (Å²) >= 11 is 1.32. The van der Waals surface area contributed by atoms with Crippen LogP contribution in [0.2, 0.25) is 0 Å². The Labute approximate surface area is 166 Å². The minimum absolute atomic E-state index is 0.202. The van der Waals surface area contributed by atoms with Gasteiger partial charge >= 0.3 is 0 Å². The van der Waals surface area contributed by atoms with Gasteiger partial charge in [-0.2, -0.15) is 5.26 Å². The standard InChI is InChI=1S/C20H17FN4O2S/c1-26-16-9-8-12(10-17(16)27-2)18-13(11-22)19(25-20(24-18)28-3)23-15-7-5-4-6-14(15)21/h4-10H,1-3H3,(H,23,24,25). The number of rotatable bonds is 6. The van der Waals surface area contributed by atoms with E-state index in [4.69, 9.17) is 9.47 Å². The highest BCUT2D eigenvalue weighted by molar-refractivity contribution is 7.98. The van der Waals surface area contributed by atoms with Crippen molar-refractivity contribution in [1.82, 2.24) is 9.97 Å². The van der Waals surface area contributed by atoms with E-state index in [2.05, 4.69) is 21.4 Å². The first-order valence-electron chi connectivity index (χ1n) is 8.21. The molecule has 1 N–H and O–H groups in total. The van der Waals surface area contributed by atoms with Crippen LogP contribution in [-0.2, 0) is 0 Å². The van der Waals surface area contributed by atoms with Crippen molar-refractivity contribution in [3.63, 3.8) is 0 Å². The Morgan fingerprint density at radius 2 is 1.82 bits per heavy atom. The lowest BCUT2D eigenvalue weighted by Gasteiger charge is -2.14. The minimum Gasteiger partial charge on any atom is -0.493 e. The van der Waals surface area contributed by atoms with Crippen LogP contribution in [0.25, 0.3) is 11.3 Å². The molecule has 0 aliphatic carbocycles. The lowest BCUT2D eigenvalue weighted by atomic mass is 10.1. The van der Waals surface area contributed by atoms with Gasteiger partial charge in [0.2, 0.25) is 0 Å². The third-order valence-corrected chi connectivity index (χ3v) is 4.51. The number of hydrogen-bond donors (Lipinski definition) is 1. The third kappa shape index (κ3) is 3.85. The van der Waals surface area contributed by atoms with Crippen LogP contribution in [0.3, 0.4) is 0 Å². The number of ether oxygens (including phenoxy) is 2. The second-order valence-corrected chi connectivity index (χ2v) is 6.34. The summed E-state index contributed by atoms with van der Waals surface area (Å²) < 4.78 is 24.7. The van der Waals surface area contributed by atoms with E-state index in [1.165, 1.54) is 24.9 Å². The van der Waals surface area contributed by atoms with Gasteiger partial charge in [0.15, 0.2) is 22.5 Å². The zero-order chi connectivity index (χ0) is 20.1. The summed E-state index contributed by atoms with van der Waals surface area (Å²) in [5.74, 6) is 0.866. The highest BCUT2D eigenvalue weighted by Crippen LogP contribution is 2.35. The SMILES string of the molecule is COc1ccc(-c2nc(SC)nc(Nc3ccccc3F)c2C#N)cc1OC. The first kappa shape index (κ1) is 19.5. The molecule has 6 nitrogen and oxygen atoms in total. The van der Waals surface area contributed by atoms with Crippen LogP contribution in [0.4, 0.5) is 15.9 Å². The lowest BCUT2D eigenvalue weighted by Crippen LogP contribution is -2.04. The maximum atomic E-state index is 14.1. The molecule has 28 heavy (non-hydrogen) atoms. The van der Waals surface area contributed by atoms with E-state index in [0.29, 0.717) is 27.9 Å². The lowest BCUT2D eigenvalue weighted by molar-refractivity contribution is 0.355. The van der Waals surface area contributed by atoms with E-state index in [1.807, 2.05) is 6.26 Å². The van der Waals surface area contributed by atoms with Crippen LogP contribution in [0.15, 0.2) is 47.6 Å². The van der Waals surface area contributed by atoms with Crippen LogP contribution in [0.5, 0.6) is 11.5 Å². The number of hydrogen-bond acceptors (Lipinski definition) is 7. The Balaban J connectivity index is 2.17. The van der Waals surface area contributed by atoms with Gasteiger partial charge in [-0.3, -0.25) is 0 Å². The highest BCUT2D eigenvalue weighted by Gasteiger charge is 2.18. The Bertz CT molecular complexity index is 1050. The van der Waals surface area contributed by atoms with Gasteiger partial charge in [-0.15, -0.1) is 0 Å². The molecule has 1 aromatic heterocycles. The topological polar surface area (TPSA) is 80.1 Å². The van der Waals surface area contributed by atoms with Crippen LogP contribution in [-0.4, -0.2) is 30.4 Å². The van der Waals surface area contributed by atoms with E-state index >= 15 is 0 Å². The van der Waals surface area contributed by atoms with Gasteiger partial charge in [0.1, 0.15) is 17.4 Å². The molecule has 1 heterocycles. The smallest absolute Gasteiger partial charge is 0.189 e. The number of thioether (sulfide) groups is 1. The fourth-order valence-corrected chi connectivity index (χ4v) is 2.98. The first-order valence-corrected chi connectivity index (χ1v) is 9.43. The van der Waals surface area contributed by atoms with Gasteiger partial charge in [0.25, 0.3) is 0 Å². The molecule has 0 unspecified atom stereocenters. The third-order valence-electron chi connectivity index (χ3n) is 3.97. The molecule has 0 saturated heterocycles. The van der Waals surface area contributed by atoms with Crippen molar-refractivity contribution < 1.29 is 13.9 Å². The molecule has 0 spiro atoms. The summed E-state index contributed by atoms with van der Waals surface area (Å²) in [5, 5.41) is 13.1. The van der Waals surface area contributed by atoms with Gasteiger partial charge in [-0.25, -0.2) is 14.4 Å². The number of anilines is 2. The van der Waals surface area contributed by atoms with E-state index < -0.39 is 5.82 Å². The molecule has 2 aromatic carbocycles. The van der Waals surface area contributed by atoms with E-state index in [-0.39, 0.29) is 17.1 Å². The molecular weight excluding hydrogens is 379 g/mol. The fraction of sp³-hybridized carbons (Fsp3) is 0.150. The van der Waals surface area contributed by atoms with Gasteiger partial charge < -0.3 is 14.8 Å². The van der Waals surface area contributed by atoms with Gasteiger partial charge in [-0.1, -0.05) is 23.9 Å². The molecule has 8 heteroatoms. The molecular formula is C20H17FN4O2S. The molecule has 0 saturated carbocycles. The zero-order valence-corrected chi connectivity index (χ0v) is 16.3. The Morgan fingerprint density at radius 3 is 2.46 bits per heavy atom. The van der Waals surface area contributed by atoms with E-state index in [9.17, 15) is 9.65 Å². The summed E-state index contributed by atoms with van der Waals surface area (Å²) in [7, 11) is 3.08. The average Bonchev–Trinajstić information content (AvgIpc) is 2.74. The maximum Gasteiger partial charge on any atom is 0.189 e. The van der Waals surface area contributed by atoms with Crippen molar-refractivity contribution in [2.75, 3.05) is 25.8 Å². The molecule has 0 aliphatic heterocycles. The van der Waals surface area contributed by atoms with Crippen molar-refractivity contribution in [2.45, 2.75) is 5.16 Å². The summed E-state index contributed by atoms with van der Waals surface area (Å²) in [4.78, 5) is 8.84. The molecule has 0 atom stereocenters. The Kier molecular flexibility index (Phi) is 5.96. The van der Waals surface area contributed by atoms with Crippen LogP contribution in [0, 0.1) is 17.1 Å². The number of benzene rings is 2. The number of halogens is 1. The number of methoxy groups -OCH3 is 2. The van der Waals surface area contributed by atoms with Crippen molar-refractivity contribution in [2.24, 2.45) is 0 Å². The second-order valence-electron chi connectivity index (χ2n) is 5.57. The van der Waals surface area contributed by atoms with Crippen molar-refractivity contribution >= 4 is 23.3 Å². The average molecular weight is 396 g/mol. The van der Waals surface area contributed by atoms with Crippen LogP contribution < -0.4 is 14.8 Å². The normalized spacial score (nSPS) is 10.2. The van der Waals surface area contributed by atoms with Crippen LogP contribution >= 0.6 is 11.8 Å². The molecule has 3 rings (SSSR count). The zero-order valence-electron chi connectivity index (χ0n) is 15.5. The first-order chi connectivity index (χ1) is 13.6. The number of nitrogens with one attached hydrogen (secondary N) is 1. The summed E-state index contributed by atoms with van der Waals surface area (Å²) in [5.41, 5.74) is 1.50. The van der Waals surface area contributed by atoms with Crippen molar-refractivity contribution in [3.8, 4) is 28.8 Å². The molecule has 142 valence electrons. The van der Waals surface area contributed by atoms with Gasteiger partial charge in [0.05, 0.1) is 25.6 Å².